The summed E-state index contributed by atoms with van der Waals surface area (Å²) < 4.78 is 0.963. The molecule has 0 aliphatic carbocycles. The summed E-state index contributed by atoms with van der Waals surface area (Å²) in [7, 11) is 0. The summed E-state index contributed by atoms with van der Waals surface area (Å²) in [5.41, 5.74) is 3.61. The summed E-state index contributed by atoms with van der Waals surface area (Å²) in [5.74, 6) is 1.16. The number of nitrogens with zero attached hydrogens (tertiary/aromatic N) is 3. The van der Waals surface area contributed by atoms with E-state index in [0.29, 0.717) is 0 Å². The van der Waals surface area contributed by atoms with E-state index in [2.05, 4.69) is 38.1 Å². The van der Waals surface area contributed by atoms with E-state index >= 15 is 0 Å². The van der Waals surface area contributed by atoms with Crippen LogP contribution in [0.1, 0.15) is 47.0 Å². The summed E-state index contributed by atoms with van der Waals surface area (Å²) in [6.07, 6.45) is 3.97. The van der Waals surface area contributed by atoms with Gasteiger partial charge in [-0.3, -0.25) is 9.91 Å². The molecule has 0 saturated carbocycles. The molecule has 0 unspecified atom stereocenters. The first kappa shape index (κ1) is 15.4. The topological polar surface area (TPSA) is 27.6 Å². The average molecular weight is 255 g/mol. The molecule has 1 rings (SSSR count). The predicted octanol–water partition coefficient (Wildman–Crippen LogP) is 2.23. The minimum Gasteiger partial charge on any atom is -0.259 e. The molecule has 0 atom stereocenters. The summed E-state index contributed by atoms with van der Waals surface area (Å²) in [6.45, 7) is 15.4. The van der Waals surface area contributed by atoms with Gasteiger partial charge in [0.25, 0.3) is 0 Å². The number of guanidine groups is 1. The maximum Gasteiger partial charge on any atom is 0.312 e. The van der Waals surface area contributed by atoms with E-state index in [9.17, 15) is 0 Å². The lowest BCUT2D eigenvalue weighted by atomic mass is 10.2. The first-order valence-corrected chi connectivity index (χ1v) is 7.65. The standard InChI is InChI=1S/C14H31N4/c1-5-15-14(18(6-2,7-3)8-4)16-17-12-10-9-11-13-17/h5-13H2,1-4H3,(H,15,16)/q+1. The SMILES string of the molecule is CC/N=C(\NN1CCCCC1)[N+](CC)(CC)CC. The molecule has 1 N–H and O–H groups in total. The monoisotopic (exact) mass is 255 g/mol. The molecule has 0 aromatic rings. The molecule has 0 amide bonds. The van der Waals surface area contributed by atoms with Crippen LogP contribution in [0.4, 0.5) is 0 Å². The van der Waals surface area contributed by atoms with Gasteiger partial charge in [0, 0.05) is 19.6 Å². The fourth-order valence-electron chi connectivity index (χ4n) is 2.71. The molecule has 4 nitrogen and oxygen atoms in total. The minimum absolute atomic E-state index is 0.857. The van der Waals surface area contributed by atoms with Gasteiger partial charge in [-0.2, -0.15) is 0 Å². The van der Waals surface area contributed by atoms with Crippen molar-refractivity contribution in [2.75, 3.05) is 39.3 Å². The van der Waals surface area contributed by atoms with Gasteiger partial charge in [-0.15, -0.1) is 0 Å². The molecule has 1 aliphatic heterocycles. The Hall–Kier alpha value is -0.610. The molecule has 0 aromatic heterocycles. The Morgan fingerprint density at radius 3 is 2.00 bits per heavy atom. The summed E-state index contributed by atoms with van der Waals surface area (Å²) in [5, 5.41) is 2.35. The van der Waals surface area contributed by atoms with Crippen molar-refractivity contribution in [2.45, 2.75) is 47.0 Å². The number of nitrogens with one attached hydrogen (secondary N) is 1. The predicted molar refractivity (Wildman–Crippen MR) is 78.4 cm³/mol. The molecular weight excluding hydrogens is 224 g/mol. The number of aliphatic imine (C=N–C) groups is 1. The van der Waals surface area contributed by atoms with Gasteiger partial charge in [0.15, 0.2) is 0 Å². The number of rotatable bonds is 5. The van der Waals surface area contributed by atoms with Crippen molar-refractivity contribution in [2.24, 2.45) is 4.99 Å². The Balaban J connectivity index is 2.77. The zero-order valence-electron chi connectivity index (χ0n) is 12.7. The molecule has 0 radical (unpaired) electrons. The van der Waals surface area contributed by atoms with Crippen LogP contribution in [-0.4, -0.2) is 54.7 Å². The third kappa shape index (κ3) is 3.69. The summed E-state index contributed by atoms with van der Waals surface area (Å²) >= 11 is 0. The van der Waals surface area contributed by atoms with Crippen LogP contribution < -0.4 is 5.43 Å². The van der Waals surface area contributed by atoms with Gasteiger partial charge in [-0.05, 0) is 40.5 Å². The summed E-state index contributed by atoms with van der Waals surface area (Å²) in [6, 6.07) is 0. The highest BCUT2D eigenvalue weighted by atomic mass is 15.6. The normalized spacial score (nSPS) is 19.0. The third-order valence-electron chi connectivity index (χ3n) is 4.19. The van der Waals surface area contributed by atoms with Gasteiger partial charge in [0.05, 0.1) is 19.6 Å². The van der Waals surface area contributed by atoms with Gasteiger partial charge in [-0.25, -0.2) is 10.0 Å². The first-order chi connectivity index (χ1) is 8.72. The van der Waals surface area contributed by atoms with Gasteiger partial charge in [-0.1, -0.05) is 6.42 Å². The number of piperidine rings is 1. The van der Waals surface area contributed by atoms with Crippen molar-refractivity contribution >= 4 is 5.96 Å². The third-order valence-corrected chi connectivity index (χ3v) is 4.19. The lowest BCUT2D eigenvalue weighted by molar-refractivity contribution is -0.839. The highest BCUT2D eigenvalue weighted by molar-refractivity contribution is 5.72. The Bertz CT molecular complexity index is 244. The molecule has 0 aromatic carbocycles. The van der Waals surface area contributed by atoms with Gasteiger partial charge < -0.3 is 0 Å². The zero-order valence-corrected chi connectivity index (χ0v) is 12.7. The molecule has 1 saturated heterocycles. The van der Waals surface area contributed by atoms with Crippen LogP contribution in [0.2, 0.25) is 0 Å². The maximum atomic E-state index is 4.74. The van der Waals surface area contributed by atoms with E-state index in [-0.39, 0.29) is 0 Å². The van der Waals surface area contributed by atoms with Crippen molar-refractivity contribution in [3.8, 4) is 0 Å². The van der Waals surface area contributed by atoms with Crippen LogP contribution in [-0.2, 0) is 0 Å². The summed E-state index contributed by atoms with van der Waals surface area (Å²) in [4.78, 5) is 4.74. The second-order valence-electron chi connectivity index (χ2n) is 5.05. The lowest BCUT2D eigenvalue weighted by Gasteiger charge is -2.38. The lowest BCUT2D eigenvalue weighted by Crippen LogP contribution is -2.62. The molecule has 1 fully saturated rings. The van der Waals surface area contributed by atoms with Crippen LogP contribution in [0.25, 0.3) is 0 Å². The van der Waals surface area contributed by atoms with Crippen LogP contribution in [0.15, 0.2) is 4.99 Å². The van der Waals surface area contributed by atoms with E-state index in [1.807, 2.05) is 0 Å². The largest absolute Gasteiger partial charge is 0.312 e. The van der Waals surface area contributed by atoms with E-state index in [4.69, 9.17) is 4.99 Å². The Kier molecular flexibility index (Phi) is 6.65. The number of quaternary nitrogens is 1. The average Bonchev–Trinajstić information content (AvgIpc) is 2.43. The van der Waals surface area contributed by atoms with Gasteiger partial charge >= 0.3 is 5.96 Å². The van der Waals surface area contributed by atoms with Crippen molar-refractivity contribution < 1.29 is 4.48 Å². The Morgan fingerprint density at radius 2 is 1.56 bits per heavy atom. The van der Waals surface area contributed by atoms with E-state index < -0.39 is 0 Å². The second-order valence-corrected chi connectivity index (χ2v) is 5.05. The van der Waals surface area contributed by atoms with Crippen LogP contribution in [0.5, 0.6) is 0 Å². The van der Waals surface area contributed by atoms with E-state index in [1.54, 1.807) is 0 Å². The molecule has 0 spiro atoms. The van der Waals surface area contributed by atoms with Gasteiger partial charge in [0.2, 0.25) is 0 Å². The first-order valence-electron chi connectivity index (χ1n) is 7.65. The fraction of sp³-hybridized carbons (Fsp3) is 0.929. The van der Waals surface area contributed by atoms with Crippen molar-refractivity contribution in [3.63, 3.8) is 0 Å². The molecule has 0 bridgehead atoms. The zero-order chi connectivity index (χ0) is 13.4. The molecule has 106 valence electrons. The van der Waals surface area contributed by atoms with Gasteiger partial charge in [0.1, 0.15) is 0 Å². The van der Waals surface area contributed by atoms with Crippen LogP contribution >= 0.6 is 0 Å². The highest BCUT2D eigenvalue weighted by Crippen LogP contribution is 2.11. The van der Waals surface area contributed by atoms with Crippen LogP contribution in [0.3, 0.4) is 0 Å². The molecule has 1 aliphatic rings. The smallest absolute Gasteiger partial charge is 0.259 e. The number of hydrogen-bond donors (Lipinski definition) is 1. The van der Waals surface area contributed by atoms with E-state index in [0.717, 1.165) is 49.7 Å². The van der Waals surface area contributed by atoms with E-state index in [1.165, 1.54) is 19.3 Å². The minimum atomic E-state index is 0.857. The fourth-order valence-corrected chi connectivity index (χ4v) is 2.71. The molecule has 18 heavy (non-hydrogen) atoms. The maximum absolute atomic E-state index is 4.74. The molecule has 1 heterocycles. The Morgan fingerprint density at radius 1 is 1.00 bits per heavy atom. The van der Waals surface area contributed by atoms with Crippen molar-refractivity contribution in [1.29, 1.82) is 0 Å². The molecular formula is C14H31N4+. The molecule has 4 heteroatoms. The second kappa shape index (κ2) is 7.74. The van der Waals surface area contributed by atoms with Crippen LogP contribution in [0, 0.1) is 0 Å². The number of hydrazine groups is 1. The Labute approximate surface area is 113 Å². The number of hydrogen-bond acceptors (Lipinski definition) is 2. The highest BCUT2D eigenvalue weighted by Gasteiger charge is 2.30. The van der Waals surface area contributed by atoms with Crippen molar-refractivity contribution in [1.82, 2.24) is 10.4 Å². The van der Waals surface area contributed by atoms with Crippen molar-refractivity contribution in [3.05, 3.63) is 0 Å². The quantitative estimate of drug-likeness (QED) is 0.463.